The lowest BCUT2D eigenvalue weighted by molar-refractivity contribution is -0.137. The molecule has 0 spiro atoms. The predicted octanol–water partition coefficient (Wildman–Crippen LogP) is 5.41. The molecule has 0 fully saturated rings. The molecule has 5 heteroatoms. The van der Waals surface area contributed by atoms with Gasteiger partial charge in [0.15, 0.2) is 0 Å². The van der Waals surface area contributed by atoms with E-state index < -0.39 is 17.6 Å². The molecule has 2 aromatic rings. The van der Waals surface area contributed by atoms with Crippen LogP contribution in [0, 0.1) is 5.82 Å². The standard InChI is InChI=1S/C14H9BrF4/c15-8-9-5-6-10(16)7-12(9)11-3-1-2-4-13(11)14(17,18)19/h1-7H,8H2. The lowest BCUT2D eigenvalue weighted by Gasteiger charge is -2.15. The van der Waals surface area contributed by atoms with E-state index in [0.717, 1.165) is 12.1 Å². The number of benzene rings is 2. The molecule has 0 saturated heterocycles. The summed E-state index contributed by atoms with van der Waals surface area (Å²) >= 11 is 3.20. The van der Waals surface area contributed by atoms with Crippen molar-refractivity contribution in [2.75, 3.05) is 0 Å². The van der Waals surface area contributed by atoms with Gasteiger partial charge in [-0.25, -0.2) is 4.39 Å². The van der Waals surface area contributed by atoms with E-state index in [9.17, 15) is 17.6 Å². The van der Waals surface area contributed by atoms with Crippen molar-refractivity contribution in [3.63, 3.8) is 0 Å². The first-order chi connectivity index (χ1) is 8.93. The van der Waals surface area contributed by atoms with Crippen molar-refractivity contribution in [1.82, 2.24) is 0 Å². The molecule has 0 aliphatic heterocycles. The highest BCUT2D eigenvalue weighted by Crippen LogP contribution is 2.38. The maximum atomic E-state index is 13.3. The van der Waals surface area contributed by atoms with Crippen molar-refractivity contribution < 1.29 is 17.6 Å². The van der Waals surface area contributed by atoms with Crippen LogP contribution in [0.4, 0.5) is 17.6 Å². The molecular formula is C14H9BrF4. The third-order valence-corrected chi connectivity index (χ3v) is 3.34. The summed E-state index contributed by atoms with van der Waals surface area (Å²) in [7, 11) is 0. The lowest BCUT2D eigenvalue weighted by atomic mass is 9.95. The van der Waals surface area contributed by atoms with Crippen LogP contribution in [0.2, 0.25) is 0 Å². The Balaban J connectivity index is 2.69. The zero-order chi connectivity index (χ0) is 14.0. The average Bonchev–Trinajstić information content (AvgIpc) is 2.37. The van der Waals surface area contributed by atoms with Crippen molar-refractivity contribution in [2.45, 2.75) is 11.5 Å². The summed E-state index contributed by atoms with van der Waals surface area (Å²) in [5, 5.41) is 0.356. The topological polar surface area (TPSA) is 0 Å². The highest BCUT2D eigenvalue weighted by molar-refractivity contribution is 9.08. The summed E-state index contributed by atoms with van der Waals surface area (Å²) < 4.78 is 52.2. The largest absolute Gasteiger partial charge is 0.417 e. The van der Waals surface area contributed by atoms with Gasteiger partial charge in [0.1, 0.15) is 5.82 Å². The minimum absolute atomic E-state index is 0.0102. The van der Waals surface area contributed by atoms with Crippen LogP contribution < -0.4 is 0 Å². The number of hydrogen-bond acceptors (Lipinski definition) is 0. The first kappa shape index (κ1) is 14.1. The molecule has 0 aliphatic carbocycles. The normalized spacial score (nSPS) is 11.6. The Labute approximate surface area is 116 Å². The molecule has 0 saturated carbocycles. The zero-order valence-electron chi connectivity index (χ0n) is 9.64. The third kappa shape index (κ3) is 2.97. The summed E-state index contributed by atoms with van der Waals surface area (Å²) in [6.45, 7) is 0. The van der Waals surface area contributed by atoms with Gasteiger partial charge in [-0.05, 0) is 34.9 Å². The van der Waals surface area contributed by atoms with Crippen LogP contribution in [0.15, 0.2) is 42.5 Å². The highest BCUT2D eigenvalue weighted by Gasteiger charge is 2.33. The maximum absolute atomic E-state index is 13.3. The summed E-state index contributed by atoms with van der Waals surface area (Å²) in [5.74, 6) is -0.559. The molecular weight excluding hydrogens is 324 g/mol. The van der Waals surface area contributed by atoms with Gasteiger partial charge in [0.2, 0.25) is 0 Å². The van der Waals surface area contributed by atoms with Crippen LogP contribution in [-0.2, 0) is 11.5 Å². The summed E-state index contributed by atoms with van der Waals surface area (Å²) in [5.41, 5.74) is 0.0923. The molecule has 0 aliphatic rings. The van der Waals surface area contributed by atoms with Gasteiger partial charge >= 0.3 is 6.18 Å². The van der Waals surface area contributed by atoms with E-state index in [1.165, 1.54) is 30.3 Å². The van der Waals surface area contributed by atoms with Crippen LogP contribution in [0.3, 0.4) is 0 Å². The first-order valence-electron chi connectivity index (χ1n) is 5.44. The van der Waals surface area contributed by atoms with Crippen molar-refractivity contribution in [1.29, 1.82) is 0 Å². The van der Waals surface area contributed by atoms with Gasteiger partial charge in [0.25, 0.3) is 0 Å². The molecule has 2 aromatic carbocycles. The Morgan fingerprint density at radius 2 is 1.63 bits per heavy atom. The zero-order valence-corrected chi connectivity index (χ0v) is 11.2. The van der Waals surface area contributed by atoms with Crippen LogP contribution in [0.1, 0.15) is 11.1 Å². The monoisotopic (exact) mass is 332 g/mol. The molecule has 0 heterocycles. The fourth-order valence-electron chi connectivity index (χ4n) is 1.88. The average molecular weight is 333 g/mol. The number of alkyl halides is 4. The number of rotatable bonds is 2. The Hall–Kier alpha value is -1.36. The molecule has 2 rings (SSSR count). The predicted molar refractivity (Wildman–Crippen MR) is 69.5 cm³/mol. The van der Waals surface area contributed by atoms with E-state index in [0.29, 0.717) is 10.9 Å². The third-order valence-electron chi connectivity index (χ3n) is 2.74. The Kier molecular flexibility index (Phi) is 3.94. The summed E-state index contributed by atoms with van der Waals surface area (Å²) in [6, 6.07) is 9.01. The molecule has 0 radical (unpaired) electrons. The molecule has 0 aromatic heterocycles. The van der Waals surface area contributed by atoms with Gasteiger partial charge < -0.3 is 0 Å². The summed E-state index contributed by atoms with van der Waals surface area (Å²) in [6.07, 6.45) is -4.47. The van der Waals surface area contributed by atoms with Gasteiger partial charge in [-0.1, -0.05) is 40.2 Å². The van der Waals surface area contributed by atoms with Gasteiger partial charge in [0.05, 0.1) is 5.56 Å². The van der Waals surface area contributed by atoms with E-state index in [4.69, 9.17) is 0 Å². The van der Waals surface area contributed by atoms with Gasteiger partial charge in [0, 0.05) is 5.33 Å². The highest BCUT2D eigenvalue weighted by atomic mass is 79.9. The fourth-order valence-corrected chi connectivity index (χ4v) is 2.37. The molecule has 0 atom stereocenters. The van der Waals surface area contributed by atoms with Crippen molar-refractivity contribution in [3.05, 3.63) is 59.4 Å². The first-order valence-corrected chi connectivity index (χ1v) is 6.56. The van der Waals surface area contributed by atoms with E-state index >= 15 is 0 Å². The van der Waals surface area contributed by atoms with Gasteiger partial charge in [-0.2, -0.15) is 13.2 Å². The second-order valence-corrected chi connectivity index (χ2v) is 4.54. The minimum atomic E-state index is -4.47. The number of hydrogen-bond donors (Lipinski definition) is 0. The quantitative estimate of drug-likeness (QED) is 0.509. The van der Waals surface area contributed by atoms with Crippen molar-refractivity contribution >= 4 is 15.9 Å². The number of halogens is 5. The van der Waals surface area contributed by atoms with Crippen molar-refractivity contribution in [3.8, 4) is 11.1 Å². The van der Waals surface area contributed by atoms with Crippen LogP contribution in [0.5, 0.6) is 0 Å². The van der Waals surface area contributed by atoms with E-state index in [1.807, 2.05) is 0 Å². The Bertz CT molecular complexity index is 590. The van der Waals surface area contributed by atoms with E-state index in [1.54, 1.807) is 0 Å². The second-order valence-electron chi connectivity index (χ2n) is 3.98. The van der Waals surface area contributed by atoms with Gasteiger partial charge in [-0.3, -0.25) is 0 Å². The fraction of sp³-hybridized carbons (Fsp3) is 0.143. The molecule has 100 valence electrons. The second kappa shape index (κ2) is 5.33. The Morgan fingerprint density at radius 1 is 0.947 bits per heavy atom. The van der Waals surface area contributed by atoms with Crippen LogP contribution in [-0.4, -0.2) is 0 Å². The van der Waals surface area contributed by atoms with E-state index in [-0.39, 0.29) is 11.1 Å². The molecule has 19 heavy (non-hydrogen) atoms. The molecule has 0 amide bonds. The minimum Gasteiger partial charge on any atom is -0.207 e. The maximum Gasteiger partial charge on any atom is 0.417 e. The lowest BCUT2D eigenvalue weighted by Crippen LogP contribution is -2.07. The molecule has 0 nitrogen and oxygen atoms in total. The molecule has 0 unspecified atom stereocenters. The smallest absolute Gasteiger partial charge is 0.207 e. The SMILES string of the molecule is Fc1ccc(CBr)c(-c2ccccc2C(F)(F)F)c1. The van der Waals surface area contributed by atoms with E-state index in [2.05, 4.69) is 15.9 Å². The van der Waals surface area contributed by atoms with Gasteiger partial charge in [-0.15, -0.1) is 0 Å². The Morgan fingerprint density at radius 3 is 2.26 bits per heavy atom. The van der Waals surface area contributed by atoms with Crippen LogP contribution >= 0.6 is 15.9 Å². The summed E-state index contributed by atoms with van der Waals surface area (Å²) in [4.78, 5) is 0. The van der Waals surface area contributed by atoms with Crippen LogP contribution in [0.25, 0.3) is 11.1 Å². The molecule has 0 bridgehead atoms. The van der Waals surface area contributed by atoms with Crippen molar-refractivity contribution in [2.24, 2.45) is 0 Å². The molecule has 0 N–H and O–H groups in total.